The van der Waals surface area contributed by atoms with Crippen LogP contribution in [0.2, 0.25) is 0 Å². The van der Waals surface area contributed by atoms with Crippen LogP contribution >= 0.6 is 0 Å². The molecule has 2 amide bonds. The van der Waals surface area contributed by atoms with E-state index in [0.717, 1.165) is 25.3 Å². The summed E-state index contributed by atoms with van der Waals surface area (Å²) < 4.78 is 5.18. The Morgan fingerprint density at radius 2 is 2.20 bits per heavy atom. The smallest absolute Gasteiger partial charge is 0.317 e. The van der Waals surface area contributed by atoms with Crippen LogP contribution in [0.4, 0.5) is 4.79 Å². The van der Waals surface area contributed by atoms with Crippen LogP contribution in [0.1, 0.15) is 19.1 Å². The molecule has 0 saturated carbocycles. The highest BCUT2D eigenvalue weighted by molar-refractivity contribution is 5.74. The number of β-amino-alcohol motifs (C(OH)–C–C–N with tert-alkyl or cyclic N) is 1. The van der Waals surface area contributed by atoms with Crippen LogP contribution < -0.4 is 5.32 Å². The van der Waals surface area contributed by atoms with Gasteiger partial charge in [-0.2, -0.15) is 0 Å². The van der Waals surface area contributed by atoms with E-state index >= 15 is 0 Å². The summed E-state index contributed by atoms with van der Waals surface area (Å²) in [6.07, 6.45) is 2.10. The molecule has 1 aliphatic rings. The Morgan fingerprint density at radius 1 is 1.45 bits per heavy atom. The molecule has 0 spiro atoms. The molecule has 1 unspecified atom stereocenters. The quantitative estimate of drug-likeness (QED) is 0.840. The highest BCUT2D eigenvalue weighted by Crippen LogP contribution is 2.05. The normalized spacial score (nSPS) is 18.0. The first-order valence-electron chi connectivity index (χ1n) is 7.14. The Kier molecular flexibility index (Phi) is 5.43. The van der Waals surface area contributed by atoms with E-state index in [1.165, 1.54) is 0 Å². The summed E-state index contributed by atoms with van der Waals surface area (Å²) in [5, 5.41) is 12.5. The summed E-state index contributed by atoms with van der Waals surface area (Å²) in [5.41, 5.74) is 0. The fourth-order valence-electron chi connectivity index (χ4n) is 2.25. The summed E-state index contributed by atoms with van der Waals surface area (Å²) in [4.78, 5) is 16.0. The van der Waals surface area contributed by atoms with Crippen molar-refractivity contribution in [2.45, 2.75) is 26.0 Å². The van der Waals surface area contributed by atoms with Crippen molar-refractivity contribution in [1.82, 2.24) is 15.1 Å². The van der Waals surface area contributed by atoms with Crippen LogP contribution in [0.5, 0.6) is 0 Å². The number of carbonyl (C=O) groups excluding carboxylic acids is 1. The Labute approximate surface area is 119 Å². The molecule has 20 heavy (non-hydrogen) atoms. The van der Waals surface area contributed by atoms with E-state index in [0.29, 0.717) is 26.2 Å². The fourth-order valence-corrected chi connectivity index (χ4v) is 2.25. The molecule has 0 radical (unpaired) electrons. The Balaban J connectivity index is 1.69. The molecule has 112 valence electrons. The number of urea groups is 1. The number of aliphatic hydroxyl groups is 1. The molecule has 1 atom stereocenters. The van der Waals surface area contributed by atoms with E-state index in [2.05, 4.69) is 10.2 Å². The third-order valence-electron chi connectivity index (χ3n) is 3.59. The lowest BCUT2D eigenvalue weighted by Gasteiger charge is -2.35. The second-order valence-corrected chi connectivity index (χ2v) is 5.09. The van der Waals surface area contributed by atoms with Crippen molar-refractivity contribution in [2.24, 2.45) is 0 Å². The van der Waals surface area contributed by atoms with Crippen molar-refractivity contribution in [2.75, 3.05) is 32.7 Å². The molecular weight excluding hydrogens is 258 g/mol. The fraction of sp³-hybridized carbons (Fsp3) is 0.643. The van der Waals surface area contributed by atoms with Crippen molar-refractivity contribution in [3.63, 3.8) is 0 Å². The Hall–Kier alpha value is -1.53. The van der Waals surface area contributed by atoms with Gasteiger partial charge in [0, 0.05) is 32.7 Å². The SMILES string of the molecule is CCC(O)CN1CCN(C(=O)NCc2ccco2)CC1. The maximum atomic E-state index is 12.0. The zero-order valence-electron chi connectivity index (χ0n) is 11.9. The highest BCUT2D eigenvalue weighted by Gasteiger charge is 2.21. The number of carbonyl (C=O) groups is 1. The molecule has 0 aromatic carbocycles. The van der Waals surface area contributed by atoms with Gasteiger partial charge < -0.3 is 19.7 Å². The number of nitrogens with one attached hydrogen (secondary N) is 1. The van der Waals surface area contributed by atoms with Crippen molar-refractivity contribution >= 4 is 6.03 Å². The minimum absolute atomic E-state index is 0.0583. The van der Waals surface area contributed by atoms with Gasteiger partial charge in [-0.25, -0.2) is 4.79 Å². The maximum Gasteiger partial charge on any atom is 0.317 e. The summed E-state index contributed by atoms with van der Waals surface area (Å²) >= 11 is 0. The molecule has 1 saturated heterocycles. The summed E-state index contributed by atoms with van der Waals surface area (Å²) in [7, 11) is 0. The van der Waals surface area contributed by atoms with Crippen LogP contribution in [0, 0.1) is 0 Å². The largest absolute Gasteiger partial charge is 0.467 e. The number of piperazine rings is 1. The van der Waals surface area contributed by atoms with E-state index in [9.17, 15) is 9.90 Å². The van der Waals surface area contributed by atoms with Crippen LogP contribution in [-0.4, -0.2) is 59.8 Å². The van der Waals surface area contributed by atoms with E-state index in [1.54, 1.807) is 17.2 Å². The monoisotopic (exact) mass is 281 g/mol. The van der Waals surface area contributed by atoms with Crippen LogP contribution in [0.3, 0.4) is 0 Å². The lowest BCUT2D eigenvalue weighted by Crippen LogP contribution is -2.52. The molecule has 1 aliphatic heterocycles. The van der Waals surface area contributed by atoms with Gasteiger partial charge in [0.1, 0.15) is 5.76 Å². The van der Waals surface area contributed by atoms with Crippen molar-refractivity contribution in [1.29, 1.82) is 0 Å². The average Bonchev–Trinajstić information content (AvgIpc) is 2.98. The number of hydrogen-bond donors (Lipinski definition) is 2. The molecule has 2 rings (SSSR count). The summed E-state index contributed by atoms with van der Waals surface area (Å²) in [6, 6.07) is 3.58. The standard InChI is InChI=1S/C14H23N3O3/c1-2-12(18)11-16-5-7-17(8-6-16)14(19)15-10-13-4-3-9-20-13/h3-4,9,12,18H,2,5-8,10-11H2,1H3,(H,15,19). The topological polar surface area (TPSA) is 69.0 Å². The number of rotatable bonds is 5. The number of aliphatic hydroxyl groups excluding tert-OH is 1. The molecule has 1 aromatic rings. The molecule has 2 N–H and O–H groups in total. The predicted molar refractivity (Wildman–Crippen MR) is 75.3 cm³/mol. The highest BCUT2D eigenvalue weighted by atomic mass is 16.3. The molecular formula is C14H23N3O3. The van der Waals surface area contributed by atoms with Crippen molar-refractivity contribution < 1.29 is 14.3 Å². The first kappa shape index (κ1) is 14.9. The summed E-state index contributed by atoms with van der Waals surface area (Å²) in [6.45, 7) is 6.10. The molecule has 1 aromatic heterocycles. The van der Waals surface area contributed by atoms with Gasteiger partial charge in [0.25, 0.3) is 0 Å². The first-order chi connectivity index (χ1) is 9.69. The van der Waals surface area contributed by atoms with Gasteiger partial charge >= 0.3 is 6.03 Å². The number of nitrogens with zero attached hydrogens (tertiary/aromatic N) is 2. The molecule has 6 nitrogen and oxygen atoms in total. The Bertz CT molecular complexity index is 400. The van der Waals surface area contributed by atoms with Crippen LogP contribution in [-0.2, 0) is 6.54 Å². The third-order valence-corrected chi connectivity index (χ3v) is 3.59. The second kappa shape index (κ2) is 7.31. The van der Waals surface area contributed by atoms with Gasteiger partial charge in [0.05, 0.1) is 18.9 Å². The minimum Gasteiger partial charge on any atom is -0.467 e. The van der Waals surface area contributed by atoms with E-state index in [-0.39, 0.29) is 12.1 Å². The zero-order valence-corrected chi connectivity index (χ0v) is 11.9. The minimum atomic E-state index is -0.269. The van der Waals surface area contributed by atoms with E-state index in [1.807, 2.05) is 13.0 Å². The van der Waals surface area contributed by atoms with E-state index in [4.69, 9.17) is 4.42 Å². The second-order valence-electron chi connectivity index (χ2n) is 5.09. The lowest BCUT2D eigenvalue weighted by molar-refractivity contribution is 0.0790. The van der Waals surface area contributed by atoms with E-state index < -0.39 is 0 Å². The Morgan fingerprint density at radius 3 is 2.80 bits per heavy atom. The maximum absolute atomic E-state index is 12.0. The molecule has 6 heteroatoms. The van der Waals surface area contributed by atoms with Crippen LogP contribution in [0.25, 0.3) is 0 Å². The molecule has 0 bridgehead atoms. The predicted octanol–water partition coefficient (Wildman–Crippen LogP) is 0.878. The number of hydrogen-bond acceptors (Lipinski definition) is 4. The molecule has 0 aliphatic carbocycles. The van der Waals surface area contributed by atoms with Gasteiger partial charge in [0.2, 0.25) is 0 Å². The van der Waals surface area contributed by atoms with Gasteiger partial charge in [-0.05, 0) is 18.6 Å². The van der Waals surface area contributed by atoms with Crippen LogP contribution in [0.15, 0.2) is 22.8 Å². The van der Waals surface area contributed by atoms with Crippen molar-refractivity contribution in [3.8, 4) is 0 Å². The first-order valence-corrected chi connectivity index (χ1v) is 7.14. The van der Waals surface area contributed by atoms with Gasteiger partial charge in [0.15, 0.2) is 0 Å². The van der Waals surface area contributed by atoms with Gasteiger partial charge in [-0.3, -0.25) is 4.90 Å². The molecule has 2 heterocycles. The van der Waals surface area contributed by atoms with Gasteiger partial charge in [-0.15, -0.1) is 0 Å². The zero-order chi connectivity index (χ0) is 14.4. The molecule has 1 fully saturated rings. The number of furan rings is 1. The van der Waals surface area contributed by atoms with Gasteiger partial charge in [-0.1, -0.05) is 6.92 Å². The summed E-state index contributed by atoms with van der Waals surface area (Å²) in [5.74, 6) is 0.753. The average molecular weight is 281 g/mol. The number of amides is 2. The third kappa shape index (κ3) is 4.25. The lowest BCUT2D eigenvalue weighted by atomic mass is 10.2. The van der Waals surface area contributed by atoms with Crippen molar-refractivity contribution in [3.05, 3.63) is 24.2 Å².